The Morgan fingerprint density at radius 3 is 2.56 bits per heavy atom. The van der Waals surface area contributed by atoms with E-state index in [1.54, 1.807) is 6.33 Å². The largest absolute Gasteiger partial charge is 0.387 e. The molecule has 2 aliphatic carbocycles. The number of nitrogens with one attached hydrogen (secondary N) is 1. The fraction of sp³-hybridized carbons (Fsp3) is 0.607. The van der Waals surface area contributed by atoms with Gasteiger partial charge in [-0.3, -0.25) is 4.79 Å². The molecule has 0 spiro atoms. The Kier molecular flexibility index (Phi) is 8.09. The second-order valence-corrected chi connectivity index (χ2v) is 11.1. The highest BCUT2D eigenvalue weighted by molar-refractivity contribution is 6.30. The van der Waals surface area contributed by atoms with Crippen LogP contribution in [0, 0.1) is 0 Å². The van der Waals surface area contributed by atoms with E-state index in [9.17, 15) is 9.90 Å². The molecule has 2 N–H and O–H groups in total. The number of nitrogens with zero attached hydrogens (tertiary/aromatic N) is 4. The molecule has 3 atom stereocenters. The van der Waals surface area contributed by atoms with Gasteiger partial charge in [0.2, 0.25) is 5.91 Å². The fourth-order valence-electron chi connectivity index (χ4n) is 6.18. The van der Waals surface area contributed by atoms with Gasteiger partial charge in [-0.05, 0) is 55.8 Å². The van der Waals surface area contributed by atoms with Crippen LogP contribution in [0.5, 0.6) is 0 Å². The van der Waals surface area contributed by atoms with Crippen LogP contribution in [0.1, 0.15) is 86.6 Å². The molecular weight excluding hydrogens is 474 g/mol. The molecule has 7 nitrogen and oxygen atoms in total. The number of aromatic nitrogens is 2. The van der Waals surface area contributed by atoms with Crippen LogP contribution in [0.4, 0.5) is 5.82 Å². The van der Waals surface area contributed by atoms with Crippen LogP contribution in [-0.4, -0.2) is 64.6 Å². The molecule has 1 amide bonds. The Labute approximate surface area is 219 Å². The van der Waals surface area contributed by atoms with Crippen molar-refractivity contribution in [1.82, 2.24) is 20.2 Å². The zero-order valence-corrected chi connectivity index (χ0v) is 22.0. The molecule has 8 heteroatoms. The molecule has 1 saturated heterocycles. The number of aliphatic hydroxyl groups excluding tert-OH is 1. The monoisotopic (exact) mass is 511 g/mol. The van der Waals surface area contributed by atoms with Gasteiger partial charge in [0.25, 0.3) is 0 Å². The molecule has 1 unspecified atom stereocenters. The second kappa shape index (κ2) is 11.4. The summed E-state index contributed by atoms with van der Waals surface area (Å²) in [5, 5.41) is 14.8. The summed E-state index contributed by atoms with van der Waals surface area (Å²) in [4.78, 5) is 27.0. The molecule has 0 bridgehead atoms. The van der Waals surface area contributed by atoms with E-state index in [0.29, 0.717) is 30.6 Å². The number of aliphatic hydroxyl groups is 1. The number of amides is 1. The van der Waals surface area contributed by atoms with E-state index >= 15 is 0 Å². The Balaban J connectivity index is 1.24. The van der Waals surface area contributed by atoms with E-state index < -0.39 is 6.10 Å². The molecule has 3 aliphatic rings. The number of benzene rings is 1. The zero-order valence-electron chi connectivity index (χ0n) is 21.2. The predicted molar refractivity (Wildman–Crippen MR) is 143 cm³/mol. The van der Waals surface area contributed by atoms with E-state index in [2.05, 4.69) is 27.1 Å². The van der Waals surface area contributed by atoms with Crippen LogP contribution in [0.2, 0.25) is 5.02 Å². The first-order chi connectivity index (χ1) is 17.5. The van der Waals surface area contributed by atoms with Crippen molar-refractivity contribution >= 4 is 23.3 Å². The molecular formula is C28H38ClN5O2. The molecule has 36 heavy (non-hydrogen) atoms. The molecule has 0 radical (unpaired) electrons. The van der Waals surface area contributed by atoms with Gasteiger partial charge in [0.1, 0.15) is 12.1 Å². The first-order valence-corrected chi connectivity index (χ1v) is 13.9. The Hall–Kier alpha value is -2.22. The maximum atomic E-state index is 13.8. The quantitative estimate of drug-likeness (QED) is 0.573. The van der Waals surface area contributed by atoms with Crippen LogP contribution in [0.15, 0.2) is 30.6 Å². The average Bonchev–Trinajstić information content (AvgIpc) is 3.21. The lowest BCUT2D eigenvalue weighted by Gasteiger charge is -2.38. The highest BCUT2D eigenvalue weighted by atomic mass is 35.5. The van der Waals surface area contributed by atoms with Crippen molar-refractivity contribution < 1.29 is 9.90 Å². The van der Waals surface area contributed by atoms with E-state index in [4.69, 9.17) is 11.6 Å². The van der Waals surface area contributed by atoms with E-state index in [1.165, 1.54) is 32.1 Å². The Morgan fingerprint density at radius 2 is 1.83 bits per heavy atom. The molecule has 1 aromatic carbocycles. The fourth-order valence-corrected chi connectivity index (χ4v) is 6.31. The molecule has 1 aliphatic heterocycles. The molecule has 5 rings (SSSR count). The highest BCUT2D eigenvalue weighted by Crippen LogP contribution is 2.42. The third kappa shape index (κ3) is 5.53. The maximum Gasteiger partial charge on any atom is 0.230 e. The standard InChI is InChI=1S/C28H38ClN5O2/c1-19-17-24(35)26-25(19)27(32-18-31-26)33-13-15-34(16-14-33)28(36)23(20-7-9-21(29)10-8-20)11-12-30-22-5-3-2-4-6-22/h7-10,18-19,22-24,30,35H,2-6,11-17H2,1H3/t19?,23-,24-/m1/s1. The minimum Gasteiger partial charge on any atom is -0.387 e. The highest BCUT2D eigenvalue weighted by Gasteiger charge is 2.35. The van der Waals surface area contributed by atoms with Crippen LogP contribution in [0.25, 0.3) is 0 Å². The van der Waals surface area contributed by atoms with Crippen molar-refractivity contribution in [3.05, 3.63) is 52.4 Å². The first-order valence-electron chi connectivity index (χ1n) is 13.6. The average molecular weight is 512 g/mol. The van der Waals surface area contributed by atoms with Gasteiger partial charge in [-0.1, -0.05) is 49.9 Å². The lowest BCUT2D eigenvalue weighted by Crippen LogP contribution is -2.50. The number of fused-ring (bicyclic) bond motifs is 1. The van der Waals surface area contributed by atoms with Gasteiger partial charge in [0.15, 0.2) is 0 Å². The number of piperazine rings is 1. The summed E-state index contributed by atoms with van der Waals surface area (Å²) in [6.07, 6.45) is 8.94. The van der Waals surface area contributed by atoms with Gasteiger partial charge in [-0.15, -0.1) is 0 Å². The minimum atomic E-state index is -0.512. The number of carbonyl (C=O) groups excluding carboxylic acids is 1. The van der Waals surface area contributed by atoms with Crippen molar-refractivity contribution in [3.8, 4) is 0 Å². The predicted octanol–water partition coefficient (Wildman–Crippen LogP) is 4.42. The van der Waals surface area contributed by atoms with Gasteiger partial charge >= 0.3 is 0 Å². The van der Waals surface area contributed by atoms with Gasteiger partial charge < -0.3 is 20.2 Å². The number of rotatable bonds is 7. The van der Waals surface area contributed by atoms with Gasteiger partial charge in [-0.2, -0.15) is 0 Å². The second-order valence-electron chi connectivity index (χ2n) is 10.6. The van der Waals surface area contributed by atoms with E-state index in [-0.39, 0.29) is 17.7 Å². The number of hydrogen-bond acceptors (Lipinski definition) is 6. The first kappa shape index (κ1) is 25.4. The number of halogens is 1. The number of carbonyl (C=O) groups is 1. The summed E-state index contributed by atoms with van der Waals surface area (Å²) in [5.74, 6) is 1.17. The van der Waals surface area contributed by atoms with Crippen LogP contribution >= 0.6 is 11.6 Å². The van der Waals surface area contributed by atoms with Crippen LogP contribution < -0.4 is 10.2 Å². The van der Waals surface area contributed by atoms with E-state index in [1.807, 2.05) is 29.2 Å². The number of anilines is 1. The zero-order chi connectivity index (χ0) is 25.1. The summed E-state index contributed by atoms with van der Waals surface area (Å²) in [6.45, 7) is 5.75. The molecule has 2 fully saturated rings. The third-order valence-corrected chi connectivity index (χ3v) is 8.46. The summed E-state index contributed by atoms with van der Waals surface area (Å²) in [5.41, 5.74) is 2.87. The summed E-state index contributed by atoms with van der Waals surface area (Å²) < 4.78 is 0. The topological polar surface area (TPSA) is 81.6 Å². The van der Waals surface area contributed by atoms with Crippen LogP contribution in [0.3, 0.4) is 0 Å². The van der Waals surface area contributed by atoms with Crippen molar-refractivity contribution in [2.45, 2.75) is 75.9 Å². The molecule has 1 saturated carbocycles. The van der Waals surface area contributed by atoms with Gasteiger partial charge in [-0.25, -0.2) is 9.97 Å². The Bertz CT molecular complexity index is 1030. The maximum absolute atomic E-state index is 13.8. The molecule has 2 heterocycles. The Morgan fingerprint density at radius 1 is 1.11 bits per heavy atom. The lowest BCUT2D eigenvalue weighted by atomic mass is 9.92. The number of hydrogen-bond donors (Lipinski definition) is 2. The molecule has 1 aromatic heterocycles. The van der Waals surface area contributed by atoms with E-state index in [0.717, 1.165) is 48.7 Å². The van der Waals surface area contributed by atoms with Crippen LogP contribution in [-0.2, 0) is 4.79 Å². The van der Waals surface area contributed by atoms with Gasteiger partial charge in [0, 0.05) is 42.8 Å². The summed E-state index contributed by atoms with van der Waals surface area (Å²) in [7, 11) is 0. The van der Waals surface area contributed by atoms with Crippen molar-refractivity contribution in [2.24, 2.45) is 0 Å². The lowest BCUT2D eigenvalue weighted by molar-refractivity contribution is -0.133. The van der Waals surface area contributed by atoms with Crippen molar-refractivity contribution in [1.29, 1.82) is 0 Å². The van der Waals surface area contributed by atoms with Gasteiger partial charge in [0.05, 0.1) is 17.7 Å². The molecule has 194 valence electrons. The summed E-state index contributed by atoms with van der Waals surface area (Å²) in [6, 6.07) is 8.35. The normalized spacial score (nSPS) is 23.5. The smallest absolute Gasteiger partial charge is 0.230 e. The minimum absolute atomic E-state index is 0.177. The SMILES string of the molecule is CC1C[C@@H](O)c2ncnc(N3CCN(C(=O)[C@H](CCNC4CCCCC4)c4ccc(Cl)cc4)CC3)c21. The third-order valence-electron chi connectivity index (χ3n) is 8.21. The van der Waals surface area contributed by atoms with Crippen molar-refractivity contribution in [3.63, 3.8) is 0 Å². The molecule has 2 aromatic rings. The summed E-state index contributed by atoms with van der Waals surface area (Å²) >= 11 is 6.15. The van der Waals surface area contributed by atoms with Crippen molar-refractivity contribution in [2.75, 3.05) is 37.6 Å².